The van der Waals surface area contributed by atoms with Crippen LogP contribution in [0.3, 0.4) is 0 Å². The minimum Gasteiger partial charge on any atom is -0.507 e. The van der Waals surface area contributed by atoms with Gasteiger partial charge in [0.15, 0.2) is 0 Å². The molecule has 1 rings (SSSR count). The Bertz CT molecular complexity index is 494. The van der Waals surface area contributed by atoms with Crippen LogP contribution in [-0.2, 0) is 24.1 Å². The number of phenols is 1. The molecule has 0 aliphatic rings. The highest BCUT2D eigenvalue weighted by Crippen LogP contribution is 2.34. The van der Waals surface area contributed by atoms with E-state index in [4.69, 9.17) is 5.11 Å². The fourth-order valence-corrected chi connectivity index (χ4v) is 2.64. The van der Waals surface area contributed by atoms with Crippen LogP contribution in [0.15, 0.2) is 12.1 Å². The highest BCUT2D eigenvalue weighted by molar-refractivity contribution is 5.67. The maximum Gasteiger partial charge on any atom is 0.303 e. The number of aromatic hydroxyl groups is 1. The normalized spacial score (nSPS) is 12.5. The smallest absolute Gasteiger partial charge is 0.303 e. The molecule has 0 spiro atoms. The molecular weight excluding hydrogens is 276 g/mol. The molecular formula is C19H30O3. The Labute approximate surface area is 134 Å². The van der Waals surface area contributed by atoms with Crippen molar-refractivity contribution in [1.82, 2.24) is 0 Å². The standard InChI is InChI=1S/C19H30O3/c1-18(2,3)11-14-9-13(7-8-16(20)21)10-15(17(14)22)12-19(4,5)6/h9-10,22H,7-8,11-12H2,1-6H3,(H,20,21). The number of carboxylic acids is 1. The van der Waals surface area contributed by atoms with Crippen LogP contribution in [-0.4, -0.2) is 16.2 Å². The minimum atomic E-state index is -0.789. The number of carbonyl (C=O) groups is 1. The van der Waals surface area contributed by atoms with Gasteiger partial charge in [-0.1, -0.05) is 53.7 Å². The number of aryl methyl sites for hydroxylation is 1. The summed E-state index contributed by atoms with van der Waals surface area (Å²) in [6.45, 7) is 12.8. The molecule has 0 aromatic heterocycles. The summed E-state index contributed by atoms with van der Waals surface area (Å²) in [4.78, 5) is 10.8. The first-order valence-electron chi connectivity index (χ1n) is 7.93. The van der Waals surface area contributed by atoms with E-state index in [0.717, 1.165) is 29.5 Å². The topological polar surface area (TPSA) is 57.5 Å². The van der Waals surface area contributed by atoms with E-state index >= 15 is 0 Å². The SMILES string of the molecule is CC(C)(C)Cc1cc(CCC(=O)O)cc(CC(C)(C)C)c1O. The van der Waals surface area contributed by atoms with Crippen LogP contribution >= 0.6 is 0 Å². The maximum atomic E-state index is 10.8. The predicted molar refractivity (Wildman–Crippen MR) is 90.4 cm³/mol. The lowest BCUT2D eigenvalue weighted by atomic mass is 9.82. The molecule has 1 aromatic carbocycles. The van der Waals surface area contributed by atoms with Crippen molar-refractivity contribution in [2.24, 2.45) is 10.8 Å². The van der Waals surface area contributed by atoms with Gasteiger partial charge < -0.3 is 10.2 Å². The van der Waals surface area contributed by atoms with Crippen molar-refractivity contribution >= 4 is 5.97 Å². The summed E-state index contributed by atoms with van der Waals surface area (Å²) in [5, 5.41) is 19.5. The second-order valence-corrected chi connectivity index (χ2v) is 8.63. The van der Waals surface area contributed by atoms with Crippen molar-refractivity contribution in [2.75, 3.05) is 0 Å². The third kappa shape index (κ3) is 6.50. The second kappa shape index (κ2) is 6.72. The molecule has 3 heteroatoms. The highest BCUT2D eigenvalue weighted by Gasteiger charge is 2.20. The lowest BCUT2D eigenvalue weighted by molar-refractivity contribution is -0.136. The van der Waals surface area contributed by atoms with Crippen molar-refractivity contribution < 1.29 is 15.0 Å². The Hall–Kier alpha value is -1.51. The molecule has 0 aliphatic carbocycles. The third-order valence-corrected chi connectivity index (χ3v) is 3.40. The molecule has 0 amide bonds. The first kappa shape index (κ1) is 18.5. The zero-order valence-corrected chi connectivity index (χ0v) is 14.8. The van der Waals surface area contributed by atoms with E-state index in [-0.39, 0.29) is 17.3 Å². The van der Waals surface area contributed by atoms with E-state index < -0.39 is 5.97 Å². The number of hydrogen-bond donors (Lipinski definition) is 2. The van der Waals surface area contributed by atoms with Gasteiger partial charge in [-0.3, -0.25) is 4.79 Å². The Morgan fingerprint density at radius 2 is 1.36 bits per heavy atom. The van der Waals surface area contributed by atoms with E-state index in [9.17, 15) is 9.90 Å². The lowest BCUT2D eigenvalue weighted by Crippen LogP contribution is -2.13. The van der Waals surface area contributed by atoms with Gasteiger partial charge in [0.25, 0.3) is 0 Å². The summed E-state index contributed by atoms with van der Waals surface area (Å²) in [7, 11) is 0. The molecule has 1 aromatic rings. The number of carboxylic acid groups (broad SMARTS) is 1. The van der Waals surface area contributed by atoms with Gasteiger partial charge in [-0.15, -0.1) is 0 Å². The Morgan fingerprint density at radius 1 is 0.955 bits per heavy atom. The molecule has 2 N–H and O–H groups in total. The summed E-state index contributed by atoms with van der Waals surface area (Å²) in [6, 6.07) is 3.94. The molecule has 124 valence electrons. The molecule has 0 fully saturated rings. The Balaban J connectivity index is 3.20. The van der Waals surface area contributed by atoms with Crippen LogP contribution in [0.4, 0.5) is 0 Å². The van der Waals surface area contributed by atoms with Gasteiger partial charge in [-0.25, -0.2) is 0 Å². The molecule has 0 radical (unpaired) electrons. The van der Waals surface area contributed by atoms with Crippen molar-refractivity contribution in [3.63, 3.8) is 0 Å². The van der Waals surface area contributed by atoms with Gasteiger partial charge in [0.2, 0.25) is 0 Å². The van der Waals surface area contributed by atoms with E-state index in [0.29, 0.717) is 12.2 Å². The monoisotopic (exact) mass is 306 g/mol. The van der Waals surface area contributed by atoms with Gasteiger partial charge in [0.05, 0.1) is 0 Å². The predicted octanol–water partition coefficient (Wildman–Crippen LogP) is 4.59. The highest BCUT2D eigenvalue weighted by atomic mass is 16.4. The van der Waals surface area contributed by atoms with Crippen molar-refractivity contribution in [2.45, 2.75) is 67.2 Å². The average Bonchev–Trinajstić information content (AvgIpc) is 2.28. The average molecular weight is 306 g/mol. The second-order valence-electron chi connectivity index (χ2n) is 8.63. The minimum absolute atomic E-state index is 0.0713. The van der Waals surface area contributed by atoms with Crippen molar-refractivity contribution in [3.05, 3.63) is 28.8 Å². The van der Waals surface area contributed by atoms with Crippen LogP contribution in [0, 0.1) is 10.8 Å². The molecule has 0 heterocycles. The molecule has 0 unspecified atom stereocenters. The molecule has 0 saturated heterocycles. The molecule has 3 nitrogen and oxygen atoms in total. The van der Waals surface area contributed by atoms with Gasteiger partial charge in [0, 0.05) is 6.42 Å². The van der Waals surface area contributed by atoms with Gasteiger partial charge in [-0.2, -0.15) is 0 Å². The summed E-state index contributed by atoms with van der Waals surface area (Å²) in [5.74, 6) is -0.410. The van der Waals surface area contributed by atoms with E-state index in [1.54, 1.807) is 0 Å². The van der Waals surface area contributed by atoms with Crippen molar-refractivity contribution in [1.29, 1.82) is 0 Å². The summed E-state index contributed by atoms with van der Waals surface area (Å²) in [6.07, 6.45) is 2.17. The van der Waals surface area contributed by atoms with Crippen LogP contribution in [0.1, 0.15) is 64.7 Å². The quantitative estimate of drug-likeness (QED) is 0.836. The maximum absolute atomic E-state index is 10.8. The Kier molecular flexibility index (Phi) is 5.66. The molecule has 22 heavy (non-hydrogen) atoms. The fraction of sp³-hybridized carbons (Fsp3) is 0.632. The third-order valence-electron chi connectivity index (χ3n) is 3.40. The van der Waals surface area contributed by atoms with Gasteiger partial charge in [0.1, 0.15) is 5.75 Å². The first-order chi connectivity index (χ1) is 9.87. The molecule has 0 atom stereocenters. The summed E-state index contributed by atoms with van der Waals surface area (Å²) in [5.41, 5.74) is 2.99. The van der Waals surface area contributed by atoms with E-state index in [2.05, 4.69) is 41.5 Å². The number of aliphatic carboxylic acids is 1. The van der Waals surface area contributed by atoms with E-state index in [1.165, 1.54) is 0 Å². The largest absolute Gasteiger partial charge is 0.507 e. The zero-order chi connectivity index (χ0) is 17.1. The van der Waals surface area contributed by atoms with Crippen LogP contribution in [0.25, 0.3) is 0 Å². The number of phenolic OH excluding ortho intramolecular Hbond substituents is 1. The van der Waals surface area contributed by atoms with Gasteiger partial charge in [-0.05, 0) is 46.8 Å². The fourth-order valence-electron chi connectivity index (χ4n) is 2.64. The van der Waals surface area contributed by atoms with E-state index in [1.807, 2.05) is 12.1 Å². The van der Waals surface area contributed by atoms with Crippen LogP contribution < -0.4 is 0 Å². The zero-order valence-electron chi connectivity index (χ0n) is 14.8. The number of rotatable bonds is 5. The number of hydrogen-bond acceptors (Lipinski definition) is 2. The van der Waals surface area contributed by atoms with Gasteiger partial charge >= 0.3 is 5.97 Å². The lowest BCUT2D eigenvalue weighted by Gasteiger charge is -2.24. The van der Waals surface area contributed by atoms with Crippen molar-refractivity contribution in [3.8, 4) is 5.75 Å². The molecule has 0 bridgehead atoms. The Morgan fingerprint density at radius 3 is 1.68 bits per heavy atom. The first-order valence-corrected chi connectivity index (χ1v) is 7.93. The van der Waals surface area contributed by atoms with Crippen LogP contribution in [0.5, 0.6) is 5.75 Å². The number of benzene rings is 1. The van der Waals surface area contributed by atoms with Crippen LogP contribution in [0.2, 0.25) is 0 Å². The summed E-state index contributed by atoms with van der Waals surface area (Å²) >= 11 is 0. The molecule has 0 saturated carbocycles. The summed E-state index contributed by atoms with van der Waals surface area (Å²) < 4.78 is 0. The molecule has 0 aliphatic heterocycles.